The van der Waals surface area contributed by atoms with E-state index in [-0.39, 0.29) is 6.10 Å². The molecular weight excluding hydrogens is 162 g/mol. The predicted molar refractivity (Wildman–Crippen MR) is 39.8 cm³/mol. The summed E-state index contributed by atoms with van der Waals surface area (Å²) in [7, 11) is 0. The topological polar surface area (TPSA) is 78.8 Å². The summed E-state index contributed by atoms with van der Waals surface area (Å²) in [6.07, 6.45) is -1.89. The van der Waals surface area contributed by atoms with E-state index >= 15 is 0 Å². The minimum Gasteiger partial charge on any atom is -0.388 e. The Hall–Kier alpha value is -0.650. The van der Waals surface area contributed by atoms with Crippen molar-refractivity contribution in [1.82, 2.24) is 5.32 Å². The lowest BCUT2D eigenvalue weighted by Crippen LogP contribution is -2.56. The van der Waals surface area contributed by atoms with E-state index in [4.69, 9.17) is 9.84 Å². The third-order valence-electron chi connectivity index (χ3n) is 1.92. The first-order valence-corrected chi connectivity index (χ1v) is 3.71. The Kier molecular flexibility index (Phi) is 3.02. The highest BCUT2D eigenvalue weighted by Crippen LogP contribution is 2.17. The van der Waals surface area contributed by atoms with Crippen LogP contribution in [0.25, 0.3) is 0 Å². The number of ether oxygens (including phenoxy) is 1. The van der Waals surface area contributed by atoms with Crippen LogP contribution in [-0.4, -0.2) is 41.0 Å². The Balaban J connectivity index is 2.58. The molecule has 0 spiro atoms. The molecule has 1 saturated heterocycles. The average Bonchev–Trinajstić information content (AvgIpc) is 2.06. The van der Waals surface area contributed by atoms with Crippen molar-refractivity contribution < 1.29 is 19.7 Å². The Labute approximate surface area is 70.3 Å². The predicted octanol–water partition coefficient (Wildman–Crippen LogP) is -1.60. The molecule has 1 heterocycles. The molecule has 5 nitrogen and oxygen atoms in total. The molecule has 1 fully saturated rings. The van der Waals surface area contributed by atoms with E-state index in [1.165, 1.54) is 0 Å². The van der Waals surface area contributed by atoms with Crippen LogP contribution in [0.15, 0.2) is 0 Å². The second-order valence-corrected chi connectivity index (χ2v) is 2.77. The first-order valence-electron chi connectivity index (χ1n) is 3.71. The van der Waals surface area contributed by atoms with E-state index in [1.54, 1.807) is 6.92 Å². The molecule has 12 heavy (non-hydrogen) atoms. The van der Waals surface area contributed by atoms with Crippen molar-refractivity contribution in [3.05, 3.63) is 6.61 Å². The van der Waals surface area contributed by atoms with Crippen molar-refractivity contribution >= 4 is 6.41 Å². The molecule has 0 aromatic rings. The van der Waals surface area contributed by atoms with Crippen LogP contribution in [0.5, 0.6) is 0 Å². The van der Waals surface area contributed by atoms with Gasteiger partial charge in [-0.3, -0.25) is 4.79 Å². The van der Waals surface area contributed by atoms with Gasteiger partial charge >= 0.3 is 0 Å². The van der Waals surface area contributed by atoms with E-state index in [0.717, 1.165) is 6.61 Å². The lowest BCUT2D eigenvalue weighted by molar-refractivity contribution is -0.122. The molecule has 1 rings (SSSR count). The highest BCUT2D eigenvalue weighted by atomic mass is 16.5. The average molecular weight is 174 g/mol. The maximum absolute atomic E-state index is 10.1. The van der Waals surface area contributed by atoms with Gasteiger partial charge < -0.3 is 20.3 Å². The monoisotopic (exact) mass is 174 g/mol. The smallest absolute Gasteiger partial charge is 0.207 e. The van der Waals surface area contributed by atoms with Crippen molar-refractivity contribution in [2.75, 3.05) is 0 Å². The Morgan fingerprint density at radius 1 is 1.58 bits per heavy atom. The normalized spacial score (nSPS) is 42.2. The number of aliphatic hydroxyl groups excluding tert-OH is 2. The van der Waals surface area contributed by atoms with Crippen LogP contribution in [0.4, 0.5) is 0 Å². The van der Waals surface area contributed by atoms with Gasteiger partial charge in [-0.15, -0.1) is 0 Å². The SMILES string of the molecule is C[C@H]1O[CH][C@@H](O)[C@@H](O)[C@@H]1NC=O. The number of hydrogen-bond donors (Lipinski definition) is 3. The number of carbonyl (C=O) groups is 1. The molecule has 0 aliphatic carbocycles. The second kappa shape index (κ2) is 3.84. The van der Waals surface area contributed by atoms with Gasteiger partial charge in [-0.05, 0) is 6.92 Å². The van der Waals surface area contributed by atoms with Crippen LogP contribution in [0, 0.1) is 6.61 Å². The van der Waals surface area contributed by atoms with E-state index in [2.05, 4.69) is 5.32 Å². The van der Waals surface area contributed by atoms with Gasteiger partial charge in [0.15, 0.2) is 0 Å². The minimum absolute atomic E-state index is 0.325. The Bertz CT molecular complexity index is 163. The van der Waals surface area contributed by atoms with Gasteiger partial charge in [0.25, 0.3) is 0 Å². The van der Waals surface area contributed by atoms with Crippen LogP contribution in [0.2, 0.25) is 0 Å². The van der Waals surface area contributed by atoms with Gasteiger partial charge in [0, 0.05) is 0 Å². The summed E-state index contributed by atoms with van der Waals surface area (Å²) >= 11 is 0. The zero-order valence-corrected chi connectivity index (χ0v) is 6.68. The van der Waals surface area contributed by atoms with Gasteiger partial charge in [0.05, 0.1) is 12.1 Å². The van der Waals surface area contributed by atoms with Crippen LogP contribution >= 0.6 is 0 Å². The molecule has 0 aromatic carbocycles. The fraction of sp³-hybridized carbons (Fsp3) is 0.714. The zero-order chi connectivity index (χ0) is 9.14. The molecule has 3 N–H and O–H groups in total. The largest absolute Gasteiger partial charge is 0.388 e. The van der Waals surface area contributed by atoms with Gasteiger partial charge in [0.2, 0.25) is 6.41 Å². The first-order chi connectivity index (χ1) is 5.66. The minimum atomic E-state index is -1.04. The maximum atomic E-state index is 10.1. The summed E-state index contributed by atoms with van der Waals surface area (Å²) in [5.74, 6) is 0. The molecule has 1 aliphatic rings. The fourth-order valence-corrected chi connectivity index (χ4v) is 1.17. The molecule has 1 radical (unpaired) electrons. The molecule has 1 aliphatic heterocycles. The van der Waals surface area contributed by atoms with Crippen LogP contribution in [-0.2, 0) is 9.53 Å². The Morgan fingerprint density at radius 2 is 2.25 bits per heavy atom. The highest BCUT2D eigenvalue weighted by Gasteiger charge is 2.36. The number of carbonyl (C=O) groups excluding carboxylic acids is 1. The molecule has 0 unspecified atom stereocenters. The summed E-state index contributed by atoms with van der Waals surface area (Å²) in [5.41, 5.74) is 0. The summed E-state index contributed by atoms with van der Waals surface area (Å²) in [6.45, 7) is 2.87. The standard InChI is InChI=1S/C7H12NO4/c1-4-6(8-3-9)7(11)5(10)2-12-4/h2-7,10-11H,1H3,(H,8,9)/t4-,5-,6-,7-/m1/s1. The van der Waals surface area contributed by atoms with Crippen molar-refractivity contribution in [3.8, 4) is 0 Å². The van der Waals surface area contributed by atoms with Gasteiger partial charge in [-0.25, -0.2) is 0 Å². The summed E-state index contributed by atoms with van der Waals surface area (Å²) in [6, 6.07) is -0.553. The lowest BCUT2D eigenvalue weighted by Gasteiger charge is -2.35. The van der Waals surface area contributed by atoms with Crippen molar-refractivity contribution in [2.45, 2.75) is 31.3 Å². The van der Waals surface area contributed by atoms with Crippen LogP contribution in [0.1, 0.15) is 6.92 Å². The fourth-order valence-electron chi connectivity index (χ4n) is 1.17. The van der Waals surface area contributed by atoms with Crippen LogP contribution in [0.3, 0.4) is 0 Å². The number of aliphatic hydroxyl groups is 2. The zero-order valence-electron chi connectivity index (χ0n) is 6.68. The molecule has 5 heteroatoms. The Morgan fingerprint density at radius 3 is 2.83 bits per heavy atom. The molecule has 0 bridgehead atoms. The number of hydrogen-bond acceptors (Lipinski definition) is 4. The van der Waals surface area contributed by atoms with E-state index in [0.29, 0.717) is 6.41 Å². The molecule has 0 saturated carbocycles. The second-order valence-electron chi connectivity index (χ2n) is 2.77. The molecule has 4 atom stereocenters. The van der Waals surface area contributed by atoms with E-state index in [9.17, 15) is 9.90 Å². The van der Waals surface area contributed by atoms with Gasteiger partial charge in [-0.1, -0.05) is 0 Å². The summed E-state index contributed by atoms with van der Waals surface area (Å²) in [5, 5.41) is 20.8. The third-order valence-corrected chi connectivity index (χ3v) is 1.92. The van der Waals surface area contributed by atoms with E-state index in [1.807, 2.05) is 0 Å². The lowest BCUT2D eigenvalue weighted by atomic mass is 9.98. The molecule has 0 aromatic heterocycles. The molecule has 69 valence electrons. The number of rotatable bonds is 2. The maximum Gasteiger partial charge on any atom is 0.207 e. The first kappa shape index (κ1) is 9.44. The van der Waals surface area contributed by atoms with Crippen molar-refractivity contribution in [2.24, 2.45) is 0 Å². The van der Waals surface area contributed by atoms with Crippen molar-refractivity contribution in [3.63, 3.8) is 0 Å². The summed E-state index contributed by atoms with van der Waals surface area (Å²) < 4.78 is 4.97. The van der Waals surface area contributed by atoms with Crippen LogP contribution < -0.4 is 5.32 Å². The summed E-state index contributed by atoms with van der Waals surface area (Å²) in [4.78, 5) is 10.1. The third kappa shape index (κ3) is 1.74. The van der Waals surface area contributed by atoms with Gasteiger partial charge in [0.1, 0.15) is 18.8 Å². The molecule has 1 amide bonds. The number of amides is 1. The number of nitrogens with one attached hydrogen (secondary N) is 1. The highest BCUT2D eigenvalue weighted by molar-refractivity contribution is 5.47. The van der Waals surface area contributed by atoms with E-state index < -0.39 is 18.2 Å². The molecular formula is C7H12NO4. The van der Waals surface area contributed by atoms with Gasteiger partial charge in [-0.2, -0.15) is 0 Å². The quantitative estimate of drug-likeness (QED) is 0.441. The van der Waals surface area contributed by atoms with Crippen molar-refractivity contribution in [1.29, 1.82) is 0 Å².